The topological polar surface area (TPSA) is 47.0 Å². The summed E-state index contributed by atoms with van der Waals surface area (Å²) < 4.78 is 7.07. The second-order valence-corrected chi connectivity index (χ2v) is 6.15. The van der Waals surface area contributed by atoms with Crippen molar-refractivity contribution in [2.45, 2.75) is 19.8 Å². The maximum atomic E-state index is 5.25. The minimum Gasteiger partial charge on any atom is -0.496 e. The molecule has 1 heterocycles. The Morgan fingerprint density at radius 1 is 1.24 bits per heavy atom. The van der Waals surface area contributed by atoms with Crippen LogP contribution in [0.4, 0.5) is 5.82 Å². The van der Waals surface area contributed by atoms with E-state index in [1.807, 2.05) is 25.2 Å². The smallest absolute Gasteiger partial charge is 0.161 e. The third-order valence-corrected chi connectivity index (χ3v) is 4.51. The molecule has 2 aromatic rings. The number of aryl methyl sites for hydroxylation is 1. The van der Waals surface area contributed by atoms with Crippen molar-refractivity contribution in [1.29, 1.82) is 0 Å². The van der Waals surface area contributed by atoms with Crippen LogP contribution in [0.3, 0.4) is 0 Å². The van der Waals surface area contributed by atoms with Gasteiger partial charge in [-0.25, -0.2) is 9.97 Å². The van der Waals surface area contributed by atoms with Crippen molar-refractivity contribution in [3.63, 3.8) is 0 Å². The lowest BCUT2D eigenvalue weighted by Crippen LogP contribution is -2.03. The minimum absolute atomic E-state index is 0.703. The zero-order chi connectivity index (χ0) is 15.4. The monoisotopic (exact) mass is 413 g/mol. The average Bonchev–Trinajstić information content (AvgIpc) is 2.49. The van der Waals surface area contributed by atoms with E-state index in [1.54, 1.807) is 7.11 Å². The normalized spacial score (nSPS) is 10.5. The highest BCUT2D eigenvalue weighted by Crippen LogP contribution is 2.32. The van der Waals surface area contributed by atoms with Gasteiger partial charge in [-0.3, -0.25) is 0 Å². The first-order valence-corrected chi connectivity index (χ1v) is 8.27. The minimum atomic E-state index is 0.703. The molecule has 0 radical (unpaired) electrons. The highest BCUT2D eigenvalue weighted by Gasteiger charge is 2.13. The summed E-state index contributed by atoms with van der Waals surface area (Å²) in [7, 11) is 3.50. The van der Waals surface area contributed by atoms with Gasteiger partial charge in [0.2, 0.25) is 0 Å². The first-order chi connectivity index (χ1) is 10.1. The molecule has 0 amide bonds. The lowest BCUT2D eigenvalue weighted by molar-refractivity contribution is 0.412. The van der Waals surface area contributed by atoms with Crippen LogP contribution in [0.25, 0.3) is 11.4 Å². The van der Waals surface area contributed by atoms with Crippen molar-refractivity contribution in [1.82, 2.24) is 9.97 Å². The molecule has 1 aromatic heterocycles. The van der Waals surface area contributed by atoms with Gasteiger partial charge in [0, 0.05) is 12.6 Å². The zero-order valence-electron chi connectivity index (χ0n) is 12.2. The summed E-state index contributed by atoms with van der Waals surface area (Å²) in [5.41, 5.74) is 1.96. The number of halogens is 2. The molecule has 0 fully saturated rings. The molecule has 0 atom stereocenters. The highest BCUT2D eigenvalue weighted by atomic mass is 79.9. The molecule has 0 saturated heterocycles. The van der Waals surface area contributed by atoms with Gasteiger partial charge in [0.05, 0.1) is 21.7 Å². The van der Waals surface area contributed by atoms with Crippen molar-refractivity contribution in [2.24, 2.45) is 0 Å². The molecule has 21 heavy (non-hydrogen) atoms. The van der Waals surface area contributed by atoms with Crippen molar-refractivity contribution in [2.75, 3.05) is 19.5 Å². The quantitative estimate of drug-likeness (QED) is 0.771. The van der Waals surface area contributed by atoms with Crippen LogP contribution in [0, 0.1) is 0 Å². The molecule has 0 spiro atoms. The van der Waals surface area contributed by atoms with E-state index in [-0.39, 0.29) is 0 Å². The number of hydrogen-bond donors (Lipinski definition) is 1. The number of methoxy groups -OCH3 is 1. The number of ether oxygens (including phenoxy) is 1. The molecule has 0 saturated carbocycles. The van der Waals surface area contributed by atoms with Crippen LogP contribution >= 0.6 is 31.9 Å². The molecule has 0 bridgehead atoms. The maximum Gasteiger partial charge on any atom is 0.161 e. The Hall–Kier alpha value is -1.14. The summed E-state index contributed by atoms with van der Waals surface area (Å²) >= 11 is 7.07. The van der Waals surface area contributed by atoms with Gasteiger partial charge >= 0.3 is 0 Å². The lowest BCUT2D eigenvalue weighted by Gasteiger charge is -2.11. The van der Waals surface area contributed by atoms with Gasteiger partial charge in [-0.1, -0.05) is 13.3 Å². The van der Waals surface area contributed by atoms with E-state index >= 15 is 0 Å². The number of hydrogen-bond acceptors (Lipinski definition) is 4. The second-order valence-electron chi connectivity index (χ2n) is 4.51. The Bertz CT molecular complexity index is 647. The van der Waals surface area contributed by atoms with Crippen LogP contribution < -0.4 is 10.1 Å². The Balaban J connectivity index is 2.52. The number of nitrogens with one attached hydrogen (secondary N) is 1. The van der Waals surface area contributed by atoms with Gasteiger partial charge in [0.1, 0.15) is 11.6 Å². The van der Waals surface area contributed by atoms with Gasteiger partial charge in [-0.2, -0.15) is 0 Å². The lowest BCUT2D eigenvalue weighted by atomic mass is 10.2. The van der Waals surface area contributed by atoms with E-state index in [0.29, 0.717) is 5.82 Å². The molecule has 2 rings (SSSR count). The molecular weight excluding hydrogens is 398 g/mol. The summed E-state index contributed by atoms with van der Waals surface area (Å²) in [5.74, 6) is 2.29. The summed E-state index contributed by atoms with van der Waals surface area (Å²) in [5, 5.41) is 3.11. The first-order valence-electron chi connectivity index (χ1n) is 6.68. The largest absolute Gasteiger partial charge is 0.496 e. The summed E-state index contributed by atoms with van der Waals surface area (Å²) in [6.07, 6.45) is 1.94. The number of aromatic nitrogens is 2. The zero-order valence-corrected chi connectivity index (χ0v) is 15.4. The Morgan fingerprint density at radius 3 is 2.57 bits per heavy atom. The SMILES string of the molecule is CCCc1nc(-c2ccc(OC)c(Br)c2)nc(NC)c1Br. The Labute approximate surface area is 141 Å². The van der Waals surface area contributed by atoms with E-state index in [4.69, 9.17) is 4.74 Å². The fourth-order valence-corrected chi connectivity index (χ4v) is 3.11. The number of nitrogens with zero attached hydrogens (tertiary/aromatic N) is 2. The fourth-order valence-electron chi connectivity index (χ4n) is 2.00. The molecule has 0 aliphatic heterocycles. The molecule has 1 aromatic carbocycles. The van der Waals surface area contributed by atoms with E-state index in [0.717, 1.165) is 44.6 Å². The molecule has 0 aliphatic carbocycles. The van der Waals surface area contributed by atoms with Crippen molar-refractivity contribution < 1.29 is 4.74 Å². The van der Waals surface area contributed by atoms with Crippen molar-refractivity contribution in [3.05, 3.63) is 32.8 Å². The van der Waals surface area contributed by atoms with E-state index < -0.39 is 0 Å². The average molecular weight is 415 g/mol. The first kappa shape index (κ1) is 16.2. The van der Waals surface area contributed by atoms with Crippen LogP contribution in [0.15, 0.2) is 27.1 Å². The molecule has 4 nitrogen and oxygen atoms in total. The van der Waals surface area contributed by atoms with E-state index in [9.17, 15) is 0 Å². The molecule has 1 N–H and O–H groups in total. The second kappa shape index (κ2) is 7.22. The predicted molar refractivity (Wildman–Crippen MR) is 93.0 cm³/mol. The van der Waals surface area contributed by atoms with Gasteiger partial charge in [0.25, 0.3) is 0 Å². The molecule has 112 valence electrons. The van der Waals surface area contributed by atoms with Crippen LogP contribution in [0.1, 0.15) is 19.0 Å². The number of anilines is 1. The summed E-state index contributed by atoms with van der Waals surface area (Å²) in [6.45, 7) is 2.14. The van der Waals surface area contributed by atoms with Crippen molar-refractivity contribution >= 4 is 37.7 Å². The Morgan fingerprint density at radius 2 is 2.00 bits per heavy atom. The summed E-state index contributed by atoms with van der Waals surface area (Å²) in [6, 6.07) is 5.84. The third-order valence-electron chi connectivity index (χ3n) is 3.05. The molecule has 0 unspecified atom stereocenters. The predicted octanol–water partition coefficient (Wildman–Crippen LogP) is 4.67. The van der Waals surface area contributed by atoms with E-state index in [2.05, 4.69) is 54.1 Å². The number of benzene rings is 1. The number of rotatable bonds is 5. The van der Waals surface area contributed by atoms with Gasteiger partial charge < -0.3 is 10.1 Å². The van der Waals surface area contributed by atoms with Crippen molar-refractivity contribution in [3.8, 4) is 17.1 Å². The van der Waals surface area contributed by atoms with Gasteiger partial charge in [-0.15, -0.1) is 0 Å². The van der Waals surface area contributed by atoms with Crippen LogP contribution in [-0.4, -0.2) is 24.1 Å². The maximum absolute atomic E-state index is 5.25. The standard InChI is InChI=1S/C15H17Br2N3O/c1-4-5-11-13(17)15(18-2)20-14(19-11)9-6-7-12(21-3)10(16)8-9/h6-8H,4-5H2,1-3H3,(H,18,19,20). The highest BCUT2D eigenvalue weighted by molar-refractivity contribution is 9.11. The van der Waals surface area contributed by atoms with Gasteiger partial charge in [0.15, 0.2) is 5.82 Å². The Kier molecular flexibility index (Phi) is 5.58. The van der Waals surface area contributed by atoms with Crippen LogP contribution in [-0.2, 0) is 6.42 Å². The molecule has 6 heteroatoms. The van der Waals surface area contributed by atoms with Crippen LogP contribution in [0.2, 0.25) is 0 Å². The third kappa shape index (κ3) is 3.55. The van der Waals surface area contributed by atoms with Crippen LogP contribution in [0.5, 0.6) is 5.75 Å². The van der Waals surface area contributed by atoms with E-state index in [1.165, 1.54) is 0 Å². The fraction of sp³-hybridized carbons (Fsp3) is 0.333. The molecular formula is C15H17Br2N3O. The summed E-state index contributed by atoms with van der Waals surface area (Å²) in [4.78, 5) is 9.25. The van der Waals surface area contributed by atoms with Gasteiger partial charge in [-0.05, 0) is 56.5 Å². The molecule has 0 aliphatic rings.